The fourth-order valence-electron chi connectivity index (χ4n) is 2.57. The molecule has 2 aromatic rings. The summed E-state index contributed by atoms with van der Waals surface area (Å²) >= 11 is 5.96. The van der Waals surface area contributed by atoms with Gasteiger partial charge in [0.25, 0.3) is 0 Å². The van der Waals surface area contributed by atoms with Gasteiger partial charge in [-0.25, -0.2) is 4.68 Å². The van der Waals surface area contributed by atoms with Gasteiger partial charge in [-0.15, -0.1) is 5.10 Å². The van der Waals surface area contributed by atoms with E-state index in [2.05, 4.69) is 10.3 Å². The number of aliphatic hydroxyl groups is 1. The smallest absolute Gasteiger partial charge is 0.114 e. The molecule has 0 atom stereocenters. The molecule has 0 unspecified atom stereocenters. The summed E-state index contributed by atoms with van der Waals surface area (Å²) in [6, 6.07) is 5.79. The molecule has 6 heteroatoms. The van der Waals surface area contributed by atoms with Crippen LogP contribution in [0, 0.1) is 6.92 Å². The third-order valence-electron chi connectivity index (χ3n) is 3.97. The zero-order valence-electron chi connectivity index (χ0n) is 11.9. The van der Waals surface area contributed by atoms with E-state index in [1.165, 1.54) is 0 Å². The van der Waals surface area contributed by atoms with Crippen molar-refractivity contribution in [1.82, 2.24) is 15.0 Å². The Balaban J connectivity index is 1.78. The van der Waals surface area contributed by atoms with Crippen molar-refractivity contribution >= 4 is 11.6 Å². The molecule has 1 saturated heterocycles. The summed E-state index contributed by atoms with van der Waals surface area (Å²) in [5.74, 6) is 0. The lowest BCUT2D eigenvalue weighted by atomic mass is 9.91. The molecule has 0 aliphatic carbocycles. The molecule has 21 heavy (non-hydrogen) atoms. The van der Waals surface area contributed by atoms with E-state index in [4.69, 9.17) is 16.3 Å². The Labute approximate surface area is 128 Å². The van der Waals surface area contributed by atoms with Gasteiger partial charge in [0.1, 0.15) is 11.3 Å². The van der Waals surface area contributed by atoms with Crippen LogP contribution in [0.25, 0.3) is 0 Å². The molecule has 3 rings (SSSR count). The molecule has 1 aliphatic heterocycles. The maximum atomic E-state index is 10.6. The van der Waals surface area contributed by atoms with E-state index in [1.54, 1.807) is 4.68 Å². The lowest BCUT2D eigenvalue weighted by Gasteiger charge is -2.29. The van der Waals surface area contributed by atoms with Crippen molar-refractivity contribution in [1.29, 1.82) is 0 Å². The highest BCUT2D eigenvalue weighted by Gasteiger charge is 2.34. The van der Waals surface area contributed by atoms with Crippen molar-refractivity contribution in [3.8, 4) is 0 Å². The van der Waals surface area contributed by atoms with Gasteiger partial charge in [-0.05, 0) is 30.2 Å². The van der Waals surface area contributed by atoms with E-state index < -0.39 is 5.60 Å². The van der Waals surface area contributed by atoms with E-state index in [1.807, 2.05) is 31.3 Å². The zero-order chi connectivity index (χ0) is 14.9. The van der Waals surface area contributed by atoms with Crippen LogP contribution in [-0.4, -0.2) is 33.3 Å². The number of benzene rings is 1. The monoisotopic (exact) mass is 307 g/mol. The lowest BCUT2D eigenvalue weighted by Crippen LogP contribution is -2.33. The predicted octanol–water partition coefficient (Wildman–Crippen LogP) is 2.29. The predicted molar refractivity (Wildman–Crippen MR) is 79.3 cm³/mol. The zero-order valence-corrected chi connectivity index (χ0v) is 12.7. The van der Waals surface area contributed by atoms with Crippen LogP contribution in [-0.2, 0) is 16.9 Å². The molecule has 0 spiro atoms. The normalized spacial score (nSPS) is 17.9. The van der Waals surface area contributed by atoms with Crippen LogP contribution in [0.3, 0.4) is 0 Å². The molecule has 1 aromatic heterocycles. The van der Waals surface area contributed by atoms with Crippen molar-refractivity contribution in [3.63, 3.8) is 0 Å². The number of aromatic nitrogens is 3. The molecule has 2 heterocycles. The van der Waals surface area contributed by atoms with Crippen LogP contribution < -0.4 is 0 Å². The summed E-state index contributed by atoms with van der Waals surface area (Å²) < 4.78 is 7.04. The van der Waals surface area contributed by atoms with E-state index in [-0.39, 0.29) is 0 Å². The second-order valence-corrected chi connectivity index (χ2v) is 5.95. The average Bonchev–Trinajstić information content (AvgIpc) is 2.92. The van der Waals surface area contributed by atoms with Gasteiger partial charge >= 0.3 is 0 Å². The molecule has 0 bridgehead atoms. The van der Waals surface area contributed by atoms with Crippen molar-refractivity contribution in [2.24, 2.45) is 0 Å². The lowest BCUT2D eigenvalue weighted by molar-refractivity contribution is -0.0706. The first-order chi connectivity index (χ1) is 10.1. The summed E-state index contributed by atoms with van der Waals surface area (Å²) in [7, 11) is 0. The average molecular weight is 308 g/mol. The highest BCUT2D eigenvalue weighted by molar-refractivity contribution is 6.30. The number of halogens is 1. The second kappa shape index (κ2) is 5.75. The van der Waals surface area contributed by atoms with Gasteiger partial charge in [0.15, 0.2) is 0 Å². The van der Waals surface area contributed by atoms with E-state index in [0.29, 0.717) is 38.3 Å². The van der Waals surface area contributed by atoms with Crippen LogP contribution in [0.4, 0.5) is 0 Å². The first-order valence-corrected chi connectivity index (χ1v) is 7.40. The minimum atomic E-state index is -0.911. The summed E-state index contributed by atoms with van der Waals surface area (Å²) in [4.78, 5) is 0. The van der Waals surface area contributed by atoms with E-state index in [9.17, 15) is 5.11 Å². The van der Waals surface area contributed by atoms with Gasteiger partial charge in [0.05, 0.1) is 12.7 Å². The molecule has 1 aliphatic rings. The Bertz CT molecular complexity index is 636. The van der Waals surface area contributed by atoms with Gasteiger partial charge in [0, 0.05) is 31.1 Å². The molecule has 0 amide bonds. The molecule has 0 saturated carbocycles. The number of hydrogen-bond donors (Lipinski definition) is 1. The molecule has 1 N–H and O–H groups in total. The highest BCUT2D eigenvalue weighted by atomic mass is 35.5. The Hall–Kier alpha value is -1.43. The SMILES string of the molecule is Cc1cc(Cl)ccc1Cn1cc(C2(O)CCOCC2)nn1. The first kappa shape index (κ1) is 14.5. The fourth-order valence-corrected chi connectivity index (χ4v) is 2.79. The van der Waals surface area contributed by atoms with E-state index in [0.717, 1.165) is 16.1 Å². The minimum absolute atomic E-state index is 0.555. The number of ether oxygens (including phenoxy) is 1. The number of aryl methyl sites for hydroxylation is 1. The van der Waals surface area contributed by atoms with Gasteiger partial charge in [0.2, 0.25) is 0 Å². The Morgan fingerprint density at radius 3 is 2.86 bits per heavy atom. The van der Waals surface area contributed by atoms with Crippen molar-refractivity contribution < 1.29 is 9.84 Å². The molecule has 1 fully saturated rings. The minimum Gasteiger partial charge on any atom is -0.383 e. The molecule has 112 valence electrons. The summed E-state index contributed by atoms with van der Waals surface area (Å²) in [6.45, 7) is 3.74. The summed E-state index contributed by atoms with van der Waals surface area (Å²) in [6.07, 6.45) is 2.94. The largest absolute Gasteiger partial charge is 0.383 e. The first-order valence-electron chi connectivity index (χ1n) is 7.03. The Morgan fingerprint density at radius 1 is 1.38 bits per heavy atom. The van der Waals surface area contributed by atoms with E-state index >= 15 is 0 Å². The van der Waals surface area contributed by atoms with Crippen LogP contribution in [0.1, 0.15) is 29.7 Å². The Morgan fingerprint density at radius 2 is 2.14 bits per heavy atom. The molecular weight excluding hydrogens is 290 g/mol. The quantitative estimate of drug-likeness (QED) is 0.945. The maximum absolute atomic E-state index is 10.6. The van der Waals surface area contributed by atoms with Crippen molar-refractivity contribution in [3.05, 3.63) is 46.2 Å². The van der Waals surface area contributed by atoms with Crippen LogP contribution in [0.5, 0.6) is 0 Å². The molecule has 1 aromatic carbocycles. The van der Waals surface area contributed by atoms with Crippen molar-refractivity contribution in [2.75, 3.05) is 13.2 Å². The fraction of sp³-hybridized carbons (Fsp3) is 0.467. The standard InChI is InChI=1S/C15H18ClN3O2/c1-11-8-13(16)3-2-12(11)9-19-10-14(17-18-19)15(20)4-6-21-7-5-15/h2-3,8,10,20H,4-7,9H2,1H3. The van der Waals surface area contributed by atoms with Crippen molar-refractivity contribution in [2.45, 2.75) is 31.9 Å². The highest BCUT2D eigenvalue weighted by Crippen LogP contribution is 2.30. The van der Waals surface area contributed by atoms with Gasteiger partial charge in [-0.1, -0.05) is 22.9 Å². The maximum Gasteiger partial charge on any atom is 0.114 e. The van der Waals surface area contributed by atoms with Gasteiger partial charge < -0.3 is 9.84 Å². The van der Waals surface area contributed by atoms with Crippen LogP contribution >= 0.6 is 11.6 Å². The molecular formula is C15H18ClN3O2. The second-order valence-electron chi connectivity index (χ2n) is 5.52. The Kier molecular flexibility index (Phi) is 3.97. The summed E-state index contributed by atoms with van der Waals surface area (Å²) in [5, 5.41) is 19.6. The molecule has 0 radical (unpaired) electrons. The third kappa shape index (κ3) is 3.10. The van der Waals surface area contributed by atoms with Crippen LogP contribution in [0.2, 0.25) is 5.02 Å². The molecule has 5 nitrogen and oxygen atoms in total. The number of hydrogen-bond acceptors (Lipinski definition) is 4. The van der Waals surface area contributed by atoms with Gasteiger partial charge in [-0.3, -0.25) is 0 Å². The number of nitrogens with zero attached hydrogens (tertiary/aromatic N) is 3. The summed E-state index contributed by atoms with van der Waals surface area (Å²) in [5.41, 5.74) is 1.96. The number of rotatable bonds is 3. The van der Waals surface area contributed by atoms with Gasteiger partial charge in [-0.2, -0.15) is 0 Å². The third-order valence-corrected chi connectivity index (χ3v) is 4.21. The topological polar surface area (TPSA) is 60.2 Å². The van der Waals surface area contributed by atoms with Crippen LogP contribution in [0.15, 0.2) is 24.4 Å².